The van der Waals surface area contributed by atoms with E-state index in [0.717, 1.165) is 52.4 Å². The fraction of sp³-hybridized carbons (Fsp3) is 0.867. The molecule has 128 valence electrons. The van der Waals surface area contributed by atoms with Gasteiger partial charge in [0.05, 0.1) is 20.2 Å². The fourth-order valence-electron chi connectivity index (χ4n) is 2.32. The molecule has 7 nitrogen and oxygen atoms in total. The molecule has 2 fully saturated rings. The fourth-order valence-corrected chi connectivity index (χ4v) is 2.32. The first kappa shape index (κ1) is 19.0. The maximum atomic E-state index is 11.3. The van der Waals surface area contributed by atoms with Crippen LogP contribution in [0.1, 0.15) is 13.3 Å². The molecule has 0 amide bonds. The second-order valence-corrected chi connectivity index (χ2v) is 5.52. The van der Waals surface area contributed by atoms with Crippen molar-refractivity contribution in [2.45, 2.75) is 13.3 Å². The first-order chi connectivity index (χ1) is 10.7. The monoisotopic (exact) mass is 314 g/mol. The first-order valence-corrected chi connectivity index (χ1v) is 8.10. The van der Waals surface area contributed by atoms with Crippen LogP contribution in [-0.4, -0.2) is 94.1 Å². The predicted molar refractivity (Wildman–Crippen MR) is 85.9 cm³/mol. The lowest BCUT2D eigenvalue weighted by Crippen LogP contribution is -2.49. The van der Waals surface area contributed by atoms with E-state index in [-0.39, 0.29) is 11.8 Å². The number of carbonyl (C=O) groups is 2. The molecule has 22 heavy (non-hydrogen) atoms. The number of hydrogen-bond donors (Lipinski definition) is 2. The van der Waals surface area contributed by atoms with E-state index < -0.39 is 0 Å². The number of nitrogens with one attached hydrogen (secondary N) is 2. The number of Topliss-reactive ketones (excluding diaryl/α,β-unsaturated/α-hetero) is 1. The molecule has 0 saturated carbocycles. The van der Waals surface area contributed by atoms with Crippen LogP contribution in [0.2, 0.25) is 0 Å². The van der Waals surface area contributed by atoms with Gasteiger partial charge in [-0.25, -0.2) is 0 Å². The number of carbonyl (C=O) groups excluding carboxylic acids is 2. The Kier molecular flexibility index (Phi) is 9.98. The van der Waals surface area contributed by atoms with Crippen molar-refractivity contribution in [3.8, 4) is 0 Å². The van der Waals surface area contributed by atoms with Crippen LogP contribution in [0.15, 0.2) is 0 Å². The van der Waals surface area contributed by atoms with Gasteiger partial charge in [0.1, 0.15) is 5.78 Å². The molecule has 0 aromatic rings. The van der Waals surface area contributed by atoms with Gasteiger partial charge in [-0.15, -0.1) is 0 Å². The Morgan fingerprint density at radius 3 is 1.73 bits per heavy atom. The van der Waals surface area contributed by atoms with Crippen molar-refractivity contribution < 1.29 is 14.3 Å². The Bertz CT molecular complexity index is 289. The lowest BCUT2D eigenvalue weighted by Gasteiger charge is -2.33. The molecule has 2 heterocycles. The van der Waals surface area contributed by atoms with Crippen LogP contribution in [0.5, 0.6) is 0 Å². The molecule has 2 aliphatic heterocycles. The number of esters is 1. The summed E-state index contributed by atoms with van der Waals surface area (Å²) in [6, 6.07) is 0. The number of piperazine rings is 2. The third-order valence-electron chi connectivity index (χ3n) is 3.80. The summed E-state index contributed by atoms with van der Waals surface area (Å²) in [7, 11) is 1.40. The van der Waals surface area contributed by atoms with Crippen molar-refractivity contribution in [1.29, 1.82) is 0 Å². The highest BCUT2D eigenvalue weighted by molar-refractivity contribution is 5.80. The number of rotatable bonds is 5. The van der Waals surface area contributed by atoms with Crippen LogP contribution in [0, 0.1) is 0 Å². The summed E-state index contributed by atoms with van der Waals surface area (Å²) in [5, 5.41) is 6.44. The molecule has 0 atom stereocenters. The smallest absolute Gasteiger partial charge is 0.319 e. The van der Waals surface area contributed by atoms with Crippen molar-refractivity contribution in [2.24, 2.45) is 0 Å². The summed E-state index contributed by atoms with van der Waals surface area (Å²) < 4.78 is 4.61. The molecular weight excluding hydrogens is 284 g/mol. The van der Waals surface area contributed by atoms with Gasteiger partial charge in [-0.05, 0) is 0 Å². The standard InChI is InChI=1S/C11H20N2O3.C4H10N2/c1-3-10(14)8-12-4-6-13(7-5-12)9-11(15)16-2;1-2-6-4-3-5-1/h3-9H2,1-2H3;5-6H,1-4H2. The Morgan fingerprint density at radius 1 is 0.909 bits per heavy atom. The van der Waals surface area contributed by atoms with Crippen LogP contribution in [0.4, 0.5) is 0 Å². The van der Waals surface area contributed by atoms with Crippen molar-refractivity contribution in [1.82, 2.24) is 20.4 Å². The average molecular weight is 314 g/mol. The molecule has 0 bridgehead atoms. The predicted octanol–water partition coefficient (Wildman–Crippen LogP) is -1.06. The number of methoxy groups -OCH3 is 1. The number of ketones is 1. The first-order valence-electron chi connectivity index (χ1n) is 8.10. The van der Waals surface area contributed by atoms with E-state index in [1.165, 1.54) is 7.11 Å². The highest BCUT2D eigenvalue weighted by Gasteiger charge is 2.19. The topological polar surface area (TPSA) is 73.9 Å². The summed E-state index contributed by atoms with van der Waals surface area (Å²) in [5.74, 6) is 0.0829. The van der Waals surface area contributed by atoms with Gasteiger partial charge in [-0.1, -0.05) is 6.92 Å². The number of hydrogen-bond acceptors (Lipinski definition) is 7. The van der Waals surface area contributed by atoms with Crippen molar-refractivity contribution >= 4 is 11.8 Å². The number of ether oxygens (including phenoxy) is 1. The third-order valence-corrected chi connectivity index (χ3v) is 3.80. The van der Waals surface area contributed by atoms with Gasteiger partial charge in [0.2, 0.25) is 0 Å². The van der Waals surface area contributed by atoms with Crippen LogP contribution < -0.4 is 10.6 Å². The van der Waals surface area contributed by atoms with E-state index in [1.807, 2.05) is 6.92 Å². The average Bonchev–Trinajstić information content (AvgIpc) is 2.58. The zero-order chi connectivity index (χ0) is 16.2. The normalized spacial score (nSPS) is 19.9. The van der Waals surface area contributed by atoms with Crippen molar-refractivity contribution in [2.75, 3.05) is 72.6 Å². The second kappa shape index (κ2) is 11.5. The Balaban J connectivity index is 0.000000335. The van der Waals surface area contributed by atoms with Crippen LogP contribution in [0.25, 0.3) is 0 Å². The Morgan fingerprint density at radius 2 is 1.36 bits per heavy atom. The quantitative estimate of drug-likeness (QED) is 0.626. The van der Waals surface area contributed by atoms with E-state index in [2.05, 4.69) is 25.2 Å². The minimum absolute atomic E-state index is 0.196. The Labute approximate surface area is 133 Å². The van der Waals surface area contributed by atoms with Gasteiger partial charge in [-0.2, -0.15) is 0 Å². The maximum absolute atomic E-state index is 11.3. The van der Waals surface area contributed by atoms with Gasteiger partial charge < -0.3 is 15.4 Å². The van der Waals surface area contributed by atoms with Gasteiger partial charge >= 0.3 is 5.97 Å². The minimum Gasteiger partial charge on any atom is -0.468 e. The zero-order valence-corrected chi connectivity index (χ0v) is 13.9. The van der Waals surface area contributed by atoms with Crippen molar-refractivity contribution in [3.05, 3.63) is 0 Å². The molecule has 0 spiro atoms. The van der Waals surface area contributed by atoms with Crippen LogP contribution in [-0.2, 0) is 14.3 Å². The SMILES string of the molecule is C1CNCCN1.CCC(=O)CN1CCN(CC(=O)OC)CC1. The Hall–Kier alpha value is -1.02. The minimum atomic E-state index is -0.196. The second-order valence-electron chi connectivity index (χ2n) is 5.52. The molecule has 2 saturated heterocycles. The zero-order valence-electron chi connectivity index (χ0n) is 13.9. The van der Waals surface area contributed by atoms with E-state index >= 15 is 0 Å². The van der Waals surface area contributed by atoms with Gasteiger partial charge in [0.15, 0.2) is 0 Å². The number of nitrogens with zero attached hydrogens (tertiary/aromatic N) is 2. The molecular formula is C15H30N4O3. The molecule has 2 rings (SSSR count). The van der Waals surface area contributed by atoms with Crippen LogP contribution in [0.3, 0.4) is 0 Å². The molecule has 7 heteroatoms. The lowest BCUT2D eigenvalue weighted by molar-refractivity contribution is -0.142. The highest BCUT2D eigenvalue weighted by atomic mass is 16.5. The molecule has 0 aromatic heterocycles. The van der Waals surface area contributed by atoms with E-state index in [0.29, 0.717) is 19.5 Å². The molecule has 0 unspecified atom stereocenters. The summed E-state index contributed by atoms with van der Waals surface area (Å²) in [5.41, 5.74) is 0. The molecule has 0 radical (unpaired) electrons. The van der Waals surface area contributed by atoms with E-state index in [4.69, 9.17) is 0 Å². The molecule has 2 N–H and O–H groups in total. The summed E-state index contributed by atoms with van der Waals surface area (Å²) in [6.07, 6.45) is 0.600. The maximum Gasteiger partial charge on any atom is 0.319 e. The van der Waals surface area contributed by atoms with Gasteiger partial charge in [-0.3, -0.25) is 19.4 Å². The van der Waals surface area contributed by atoms with E-state index in [9.17, 15) is 9.59 Å². The van der Waals surface area contributed by atoms with E-state index in [1.54, 1.807) is 0 Å². The summed E-state index contributed by atoms with van der Waals surface area (Å²) in [6.45, 7) is 10.7. The highest BCUT2D eigenvalue weighted by Crippen LogP contribution is 2.02. The molecule has 0 aliphatic carbocycles. The summed E-state index contributed by atoms with van der Waals surface area (Å²) >= 11 is 0. The van der Waals surface area contributed by atoms with Gasteiger partial charge in [0, 0.05) is 58.8 Å². The molecule has 2 aliphatic rings. The summed E-state index contributed by atoms with van der Waals surface area (Å²) in [4.78, 5) is 26.5. The third kappa shape index (κ3) is 8.43. The van der Waals surface area contributed by atoms with Crippen molar-refractivity contribution in [3.63, 3.8) is 0 Å². The lowest BCUT2D eigenvalue weighted by atomic mass is 10.2. The van der Waals surface area contributed by atoms with Crippen LogP contribution >= 0.6 is 0 Å². The largest absolute Gasteiger partial charge is 0.468 e. The molecule has 0 aromatic carbocycles. The van der Waals surface area contributed by atoms with Gasteiger partial charge in [0.25, 0.3) is 0 Å².